The second-order valence-corrected chi connectivity index (χ2v) is 8.14. The first-order valence-electron chi connectivity index (χ1n) is 7.94. The van der Waals surface area contributed by atoms with Crippen molar-refractivity contribution in [3.63, 3.8) is 0 Å². The summed E-state index contributed by atoms with van der Waals surface area (Å²) in [6.07, 6.45) is 6.14. The molecule has 116 valence electrons. The second-order valence-electron chi connectivity index (χ2n) is 6.43. The van der Waals surface area contributed by atoms with Crippen LogP contribution < -0.4 is 10.0 Å². The maximum Gasteiger partial charge on any atom is 0.240 e. The molecule has 0 unspecified atom stereocenters. The van der Waals surface area contributed by atoms with Crippen molar-refractivity contribution in [1.82, 2.24) is 4.72 Å². The van der Waals surface area contributed by atoms with Crippen LogP contribution in [0.3, 0.4) is 0 Å². The molecule has 0 radical (unpaired) electrons. The SMILES string of the molecule is CC1CCC(NS(=O)(=O)c2ccc3c(c2)CCCN3)CC1. The summed E-state index contributed by atoms with van der Waals surface area (Å²) in [4.78, 5) is 0.406. The van der Waals surface area contributed by atoms with E-state index in [-0.39, 0.29) is 6.04 Å². The van der Waals surface area contributed by atoms with Gasteiger partial charge in [0.05, 0.1) is 4.90 Å². The molecule has 0 saturated heterocycles. The molecule has 1 saturated carbocycles. The number of hydrogen-bond acceptors (Lipinski definition) is 3. The zero-order chi connectivity index (χ0) is 14.9. The molecule has 1 aromatic carbocycles. The van der Waals surface area contributed by atoms with Crippen molar-refractivity contribution in [2.75, 3.05) is 11.9 Å². The zero-order valence-corrected chi connectivity index (χ0v) is 13.4. The molecule has 2 aliphatic rings. The molecule has 0 atom stereocenters. The van der Waals surface area contributed by atoms with Crippen LogP contribution in [-0.2, 0) is 16.4 Å². The smallest absolute Gasteiger partial charge is 0.240 e. The van der Waals surface area contributed by atoms with E-state index >= 15 is 0 Å². The third kappa shape index (κ3) is 3.40. The number of rotatable bonds is 3. The molecule has 1 heterocycles. The van der Waals surface area contributed by atoms with Gasteiger partial charge >= 0.3 is 0 Å². The molecule has 0 bridgehead atoms. The van der Waals surface area contributed by atoms with Gasteiger partial charge in [-0.05, 0) is 68.2 Å². The molecule has 1 fully saturated rings. The van der Waals surface area contributed by atoms with Gasteiger partial charge in [-0.2, -0.15) is 0 Å². The van der Waals surface area contributed by atoms with Gasteiger partial charge in [0, 0.05) is 18.3 Å². The largest absolute Gasteiger partial charge is 0.385 e. The van der Waals surface area contributed by atoms with Crippen molar-refractivity contribution in [2.24, 2.45) is 5.92 Å². The molecule has 2 N–H and O–H groups in total. The van der Waals surface area contributed by atoms with Crippen LogP contribution in [0.15, 0.2) is 23.1 Å². The van der Waals surface area contributed by atoms with Gasteiger partial charge in [0.1, 0.15) is 0 Å². The minimum atomic E-state index is -3.39. The van der Waals surface area contributed by atoms with E-state index in [1.54, 1.807) is 6.07 Å². The Morgan fingerprint density at radius 2 is 1.95 bits per heavy atom. The van der Waals surface area contributed by atoms with Crippen molar-refractivity contribution in [3.8, 4) is 0 Å². The monoisotopic (exact) mass is 308 g/mol. The number of fused-ring (bicyclic) bond motifs is 1. The Labute approximate surface area is 127 Å². The number of anilines is 1. The first-order chi connectivity index (χ1) is 10.0. The quantitative estimate of drug-likeness (QED) is 0.902. The summed E-state index contributed by atoms with van der Waals surface area (Å²) in [6.45, 7) is 3.21. The number of sulfonamides is 1. The van der Waals surface area contributed by atoms with Crippen LogP contribution in [0.1, 0.15) is 44.6 Å². The Balaban J connectivity index is 1.75. The molecule has 5 heteroatoms. The third-order valence-electron chi connectivity index (χ3n) is 4.66. The molecule has 0 spiro atoms. The van der Waals surface area contributed by atoms with E-state index in [2.05, 4.69) is 17.0 Å². The number of benzene rings is 1. The molecule has 1 aliphatic carbocycles. The summed E-state index contributed by atoms with van der Waals surface area (Å²) >= 11 is 0. The Morgan fingerprint density at radius 3 is 2.71 bits per heavy atom. The van der Waals surface area contributed by atoms with Crippen molar-refractivity contribution in [3.05, 3.63) is 23.8 Å². The van der Waals surface area contributed by atoms with Crippen LogP contribution in [0.5, 0.6) is 0 Å². The van der Waals surface area contributed by atoms with Gasteiger partial charge in [-0.15, -0.1) is 0 Å². The Hall–Kier alpha value is -1.07. The molecule has 0 aromatic heterocycles. The summed E-state index contributed by atoms with van der Waals surface area (Å²) in [7, 11) is -3.39. The number of aryl methyl sites for hydroxylation is 1. The lowest BCUT2D eigenvalue weighted by Crippen LogP contribution is -2.37. The minimum Gasteiger partial charge on any atom is -0.385 e. The number of hydrogen-bond donors (Lipinski definition) is 2. The Kier molecular flexibility index (Phi) is 4.22. The first kappa shape index (κ1) is 14.9. The van der Waals surface area contributed by atoms with Gasteiger partial charge < -0.3 is 5.32 Å². The highest BCUT2D eigenvalue weighted by Crippen LogP contribution is 2.27. The summed E-state index contributed by atoms with van der Waals surface area (Å²) in [5, 5.41) is 3.31. The third-order valence-corrected chi connectivity index (χ3v) is 6.18. The minimum absolute atomic E-state index is 0.0976. The normalized spacial score (nSPS) is 26.0. The molecule has 3 rings (SSSR count). The fourth-order valence-corrected chi connectivity index (χ4v) is 4.64. The lowest BCUT2D eigenvalue weighted by molar-refractivity contribution is 0.332. The van der Waals surface area contributed by atoms with Gasteiger partial charge in [-0.1, -0.05) is 6.92 Å². The highest BCUT2D eigenvalue weighted by Gasteiger charge is 2.24. The fraction of sp³-hybridized carbons (Fsp3) is 0.625. The fourth-order valence-electron chi connectivity index (χ4n) is 3.28. The average Bonchev–Trinajstić information content (AvgIpc) is 2.49. The van der Waals surface area contributed by atoms with Crippen molar-refractivity contribution < 1.29 is 8.42 Å². The van der Waals surface area contributed by atoms with Gasteiger partial charge in [-0.3, -0.25) is 0 Å². The van der Waals surface area contributed by atoms with E-state index in [0.29, 0.717) is 4.90 Å². The topological polar surface area (TPSA) is 58.2 Å². The Bertz CT molecular complexity index is 605. The van der Waals surface area contributed by atoms with E-state index in [9.17, 15) is 8.42 Å². The van der Waals surface area contributed by atoms with E-state index in [0.717, 1.165) is 62.2 Å². The van der Waals surface area contributed by atoms with E-state index in [4.69, 9.17) is 0 Å². The summed E-state index contributed by atoms with van der Waals surface area (Å²) in [5.74, 6) is 0.723. The van der Waals surface area contributed by atoms with Crippen molar-refractivity contribution in [2.45, 2.75) is 56.4 Å². The maximum atomic E-state index is 12.5. The standard InChI is InChI=1S/C16H24N2O2S/c1-12-4-6-14(7-5-12)18-21(19,20)15-8-9-16-13(11-15)3-2-10-17-16/h8-9,11-12,14,17-18H,2-7,10H2,1H3. The molecule has 1 aromatic rings. The van der Waals surface area contributed by atoms with Crippen LogP contribution in [0.4, 0.5) is 5.69 Å². The molecule has 1 aliphatic heterocycles. The molecular weight excluding hydrogens is 284 g/mol. The summed E-state index contributed by atoms with van der Waals surface area (Å²) in [5.41, 5.74) is 2.19. The van der Waals surface area contributed by atoms with Gasteiger partial charge in [0.25, 0.3) is 0 Å². The highest BCUT2D eigenvalue weighted by molar-refractivity contribution is 7.89. The van der Waals surface area contributed by atoms with Crippen LogP contribution >= 0.6 is 0 Å². The van der Waals surface area contributed by atoms with Gasteiger partial charge in [0.2, 0.25) is 10.0 Å². The lowest BCUT2D eigenvalue weighted by Gasteiger charge is -2.27. The number of nitrogens with one attached hydrogen (secondary N) is 2. The van der Waals surface area contributed by atoms with Crippen molar-refractivity contribution >= 4 is 15.7 Å². The highest BCUT2D eigenvalue weighted by atomic mass is 32.2. The van der Waals surface area contributed by atoms with E-state index < -0.39 is 10.0 Å². The van der Waals surface area contributed by atoms with Crippen LogP contribution in [-0.4, -0.2) is 21.0 Å². The van der Waals surface area contributed by atoms with Crippen LogP contribution in [0.25, 0.3) is 0 Å². The maximum absolute atomic E-state index is 12.5. The predicted molar refractivity (Wildman–Crippen MR) is 85.0 cm³/mol. The summed E-state index contributed by atoms with van der Waals surface area (Å²) in [6, 6.07) is 5.53. The Morgan fingerprint density at radius 1 is 1.19 bits per heavy atom. The van der Waals surface area contributed by atoms with Crippen LogP contribution in [0.2, 0.25) is 0 Å². The molecule has 4 nitrogen and oxygen atoms in total. The zero-order valence-electron chi connectivity index (χ0n) is 12.6. The lowest BCUT2D eigenvalue weighted by atomic mass is 9.88. The van der Waals surface area contributed by atoms with E-state index in [1.807, 2.05) is 12.1 Å². The average molecular weight is 308 g/mol. The second kappa shape index (κ2) is 5.97. The van der Waals surface area contributed by atoms with Crippen LogP contribution in [0, 0.1) is 5.92 Å². The molecule has 0 amide bonds. The molecular formula is C16H24N2O2S. The van der Waals surface area contributed by atoms with Gasteiger partial charge in [0.15, 0.2) is 0 Å². The van der Waals surface area contributed by atoms with Crippen molar-refractivity contribution in [1.29, 1.82) is 0 Å². The first-order valence-corrected chi connectivity index (χ1v) is 9.42. The van der Waals surface area contributed by atoms with Gasteiger partial charge in [-0.25, -0.2) is 13.1 Å². The van der Waals surface area contributed by atoms with E-state index in [1.165, 1.54) is 0 Å². The summed E-state index contributed by atoms with van der Waals surface area (Å²) < 4.78 is 28.0. The predicted octanol–water partition coefficient (Wildman–Crippen LogP) is 2.90. The molecule has 21 heavy (non-hydrogen) atoms.